The zero-order chi connectivity index (χ0) is 10.8. The highest BCUT2D eigenvalue weighted by Gasteiger charge is 2.25. The number of cyclic esters (lactones) is 2. The molecule has 0 bridgehead atoms. The van der Waals surface area contributed by atoms with Gasteiger partial charge in [-0.05, 0) is 6.92 Å². The van der Waals surface area contributed by atoms with E-state index in [0.717, 1.165) is 0 Å². The van der Waals surface area contributed by atoms with E-state index in [-0.39, 0.29) is 13.1 Å². The van der Waals surface area contributed by atoms with Gasteiger partial charge in [0.15, 0.2) is 0 Å². The highest BCUT2D eigenvalue weighted by atomic mass is 16.6. The SMILES string of the molecule is Cc1cnc(CN2CC(=O)OC(=O)C2)o1. The second-order valence-electron chi connectivity index (χ2n) is 3.36. The summed E-state index contributed by atoms with van der Waals surface area (Å²) in [6.45, 7) is 2.31. The molecule has 0 radical (unpaired) electrons. The Morgan fingerprint density at radius 2 is 2.07 bits per heavy atom. The number of hydrogen-bond acceptors (Lipinski definition) is 6. The van der Waals surface area contributed by atoms with E-state index in [1.807, 2.05) is 0 Å². The number of oxazole rings is 1. The van der Waals surface area contributed by atoms with Crippen molar-refractivity contribution in [1.29, 1.82) is 0 Å². The van der Waals surface area contributed by atoms with Gasteiger partial charge in [0.05, 0.1) is 25.8 Å². The second-order valence-corrected chi connectivity index (χ2v) is 3.36. The van der Waals surface area contributed by atoms with Gasteiger partial charge in [0, 0.05) is 0 Å². The smallest absolute Gasteiger partial charge is 0.327 e. The van der Waals surface area contributed by atoms with Gasteiger partial charge in [-0.15, -0.1) is 0 Å². The first-order valence-electron chi connectivity index (χ1n) is 4.50. The summed E-state index contributed by atoms with van der Waals surface area (Å²) in [4.78, 5) is 27.5. The molecule has 1 aliphatic rings. The monoisotopic (exact) mass is 210 g/mol. The summed E-state index contributed by atoms with van der Waals surface area (Å²) in [5, 5.41) is 0. The molecular weight excluding hydrogens is 200 g/mol. The Bertz CT molecular complexity index is 383. The maximum atomic E-state index is 10.9. The van der Waals surface area contributed by atoms with E-state index < -0.39 is 11.9 Å². The molecule has 6 nitrogen and oxygen atoms in total. The third kappa shape index (κ3) is 2.41. The lowest BCUT2D eigenvalue weighted by molar-refractivity contribution is -0.167. The Hall–Kier alpha value is -1.69. The Labute approximate surface area is 85.8 Å². The van der Waals surface area contributed by atoms with E-state index in [1.165, 1.54) is 0 Å². The number of esters is 2. The molecule has 0 spiro atoms. The molecule has 1 aliphatic heterocycles. The van der Waals surface area contributed by atoms with Crippen molar-refractivity contribution < 1.29 is 18.7 Å². The molecule has 0 unspecified atom stereocenters. The molecule has 0 amide bonds. The van der Waals surface area contributed by atoms with E-state index in [9.17, 15) is 9.59 Å². The molecule has 0 atom stereocenters. The van der Waals surface area contributed by atoms with Gasteiger partial charge >= 0.3 is 11.9 Å². The summed E-state index contributed by atoms with van der Waals surface area (Å²) >= 11 is 0. The van der Waals surface area contributed by atoms with E-state index in [1.54, 1.807) is 18.0 Å². The van der Waals surface area contributed by atoms with Crippen LogP contribution in [0.1, 0.15) is 11.7 Å². The summed E-state index contributed by atoms with van der Waals surface area (Å²) in [5.41, 5.74) is 0. The number of aryl methyl sites for hydroxylation is 1. The Morgan fingerprint density at radius 3 is 2.60 bits per heavy atom. The van der Waals surface area contributed by atoms with Crippen molar-refractivity contribution in [3.63, 3.8) is 0 Å². The highest BCUT2D eigenvalue weighted by molar-refractivity contribution is 5.90. The van der Waals surface area contributed by atoms with Crippen LogP contribution < -0.4 is 0 Å². The van der Waals surface area contributed by atoms with Crippen LogP contribution in [0.3, 0.4) is 0 Å². The maximum absolute atomic E-state index is 10.9. The molecule has 15 heavy (non-hydrogen) atoms. The number of aromatic nitrogens is 1. The van der Waals surface area contributed by atoms with Crippen LogP contribution >= 0.6 is 0 Å². The normalized spacial score (nSPS) is 17.9. The molecule has 1 fully saturated rings. The quantitative estimate of drug-likeness (QED) is 0.500. The van der Waals surface area contributed by atoms with Crippen LogP contribution in [0.15, 0.2) is 10.6 Å². The van der Waals surface area contributed by atoms with E-state index in [0.29, 0.717) is 18.2 Å². The fourth-order valence-corrected chi connectivity index (χ4v) is 1.39. The van der Waals surface area contributed by atoms with Gasteiger partial charge in [0.2, 0.25) is 5.89 Å². The maximum Gasteiger partial charge on any atom is 0.327 e. The van der Waals surface area contributed by atoms with Crippen molar-refractivity contribution >= 4 is 11.9 Å². The van der Waals surface area contributed by atoms with Gasteiger partial charge in [-0.1, -0.05) is 0 Å². The van der Waals surface area contributed by atoms with Crippen LogP contribution in [0.2, 0.25) is 0 Å². The molecule has 2 rings (SSSR count). The third-order valence-corrected chi connectivity index (χ3v) is 1.96. The Kier molecular flexibility index (Phi) is 2.51. The van der Waals surface area contributed by atoms with Crippen molar-refractivity contribution in [2.24, 2.45) is 0 Å². The molecule has 1 aromatic heterocycles. The zero-order valence-electron chi connectivity index (χ0n) is 8.23. The molecule has 0 N–H and O–H groups in total. The first kappa shape index (κ1) is 9.85. The lowest BCUT2D eigenvalue weighted by Crippen LogP contribution is -2.42. The Morgan fingerprint density at radius 1 is 1.40 bits per heavy atom. The van der Waals surface area contributed by atoms with Crippen LogP contribution in [0.5, 0.6) is 0 Å². The van der Waals surface area contributed by atoms with Crippen LogP contribution in [0.4, 0.5) is 0 Å². The van der Waals surface area contributed by atoms with Crippen molar-refractivity contribution in [2.75, 3.05) is 13.1 Å². The number of carbonyl (C=O) groups excluding carboxylic acids is 2. The van der Waals surface area contributed by atoms with Crippen molar-refractivity contribution in [3.8, 4) is 0 Å². The largest absolute Gasteiger partial charge is 0.445 e. The van der Waals surface area contributed by atoms with Gasteiger partial charge < -0.3 is 9.15 Å². The summed E-state index contributed by atoms with van der Waals surface area (Å²) in [6, 6.07) is 0. The highest BCUT2D eigenvalue weighted by Crippen LogP contribution is 2.08. The predicted octanol–water partition coefficient (Wildman–Crippen LogP) is -0.132. The number of hydrogen-bond donors (Lipinski definition) is 0. The Balaban J connectivity index is 2.00. The summed E-state index contributed by atoms with van der Waals surface area (Å²) in [6.07, 6.45) is 1.60. The van der Waals surface area contributed by atoms with Crippen molar-refractivity contribution in [1.82, 2.24) is 9.88 Å². The molecule has 2 heterocycles. The third-order valence-electron chi connectivity index (χ3n) is 1.96. The molecule has 80 valence electrons. The summed E-state index contributed by atoms with van der Waals surface area (Å²) < 4.78 is 9.63. The summed E-state index contributed by atoms with van der Waals surface area (Å²) in [7, 11) is 0. The zero-order valence-corrected chi connectivity index (χ0v) is 8.23. The molecule has 0 aliphatic carbocycles. The number of rotatable bonds is 2. The molecular formula is C9H10N2O4. The van der Waals surface area contributed by atoms with E-state index in [4.69, 9.17) is 4.42 Å². The minimum atomic E-state index is -0.533. The van der Waals surface area contributed by atoms with Crippen LogP contribution in [0.25, 0.3) is 0 Å². The van der Waals surface area contributed by atoms with Gasteiger partial charge in [0.25, 0.3) is 0 Å². The number of morpholine rings is 1. The van der Waals surface area contributed by atoms with E-state index >= 15 is 0 Å². The minimum Gasteiger partial charge on any atom is -0.445 e. The van der Waals surface area contributed by atoms with Gasteiger partial charge in [-0.3, -0.25) is 14.5 Å². The van der Waals surface area contributed by atoms with Crippen molar-refractivity contribution in [3.05, 3.63) is 17.8 Å². The second kappa shape index (κ2) is 3.82. The van der Waals surface area contributed by atoms with Gasteiger partial charge in [-0.2, -0.15) is 0 Å². The fraction of sp³-hybridized carbons (Fsp3) is 0.444. The first-order chi connectivity index (χ1) is 7.13. The first-order valence-corrected chi connectivity index (χ1v) is 4.50. The molecule has 0 aromatic carbocycles. The van der Waals surface area contributed by atoms with Crippen molar-refractivity contribution in [2.45, 2.75) is 13.5 Å². The predicted molar refractivity (Wildman–Crippen MR) is 47.6 cm³/mol. The minimum absolute atomic E-state index is 0.0904. The number of ether oxygens (including phenoxy) is 1. The van der Waals surface area contributed by atoms with E-state index in [2.05, 4.69) is 9.72 Å². The molecule has 6 heteroatoms. The van der Waals surface area contributed by atoms with Gasteiger partial charge in [0.1, 0.15) is 5.76 Å². The average molecular weight is 210 g/mol. The number of carbonyl (C=O) groups is 2. The van der Waals surface area contributed by atoms with Crippen LogP contribution in [0, 0.1) is 6.92 Å². The molecule has 1 aromatic rings. The van der Waals surface area contributed by atoms with Gasteiger partial charge in [-0.25, -0.2) is 4.98 Å². The lowest BCUT2D eigenvalue weighted by Gasteiger charge is -2.22. The van der Waals surface area contributed by atoms with Crippen LogP contribution in [-0.4, -0.2) is 34.9 Å². The van der Waals surface area contributed by atoms with Crippen LogP contribution in [-0.2, 0) is 20.9 Å². The standard InChI is InChI=1S/C9H10N2O4/c1-6-2-10-7(14-6)3-11-4-8(12)15-9(13)5-11/h2H,3-5H2,1H3. The average Bonchev–Trinajstić information content (AvgIpc) is 2.49. The molecule has 1 saturated heterocycles. The fourth-order valence-electron chi connectivity index (χ4n) is 1.39. The number of nitrogens with zero attached hydrogens (tertiary/aromatic N) is 2. The lowest BCUT2D eigenvalue weighted by atomic mass is 10.4. The topological polar surface area (TPSA) is 72.6 Å². The summed E-state index contributed by atoms with van der Waals surface area (Å²) in [5.74, 6) is 0.134. The molecule has 0 saturated carbocycles.